The molecule has 5 nitrogen and oxygen atoms in total. The summed E-state index contributed by atoms with van der Waals surface area (Å²) in [6.45, 7) is 4.23. The predicted octanol–water partition coefficient (Wildman–Crippen LogP) is 4.80. The zero-order valence-electron chi connectivity index (χ0n) is 16.4. The van der Waals surface area contributed by atoms with Crippen LogP contribution in [0.2, 0.25) is 0 Å². The van der Waals surface area contributed by atoms with Crippen molar-refractivity contribution in [2.75, 3.05) is 6.61 Å². The van der Waals surface area contributed by atoms with Crippen LogP contribution in [0, 0.1) is 5.92 Å². The number of ether oxygens (including phenoxy) is 1. The number of amides is 1. The molecule has 2 aromatic rings. The summed E-state index contributed by atoms with van der Waals surface area (Å²) in [6, 6.07) is 15.9. The number of aliphatic carboxylic acids is 1. The monoisotopic (exact) mass is 381 g/mol. The third-order valence-electron chi connectivity index (χ3n) is 5.66. The van der Waals surface area contributed by atoms with Crippen LogP contribution >= 0.6 is 0 Å². The Labute approximate surface area is 165 Å². The van der Waals surface area contributed by atoms with E-state index in [1.54, 1.807) is 0 Å². The zero-order valence-corrected chi connectivity index (χ0v) is 16.4. The molecule has 28 heavy (non-hydrogen) atoms. The van der Waals surface area contributed by atoms with E-state index in [-0.39, 0.29) is 24.9 Å². The van der Waals surface area contributed by atoms with Gasteiger partial charge in [0.15, 0.2) is 0 Å². The standard InChI is InChI=1S/C23H27NO4/c1-3-15(4-2)21(13-22(25)26)24-23(27)28-14-20-18-11-7-5-9-16(18)17-10-6-8-12-19(17)20/h5-12,15,20-21H,3-4,13-14H2,1-2H3,(H,24,27)(H,25,26). The number of alkyl carbamates (subject to hydrolysis) is 1. The Morgan fingerprint density at radius 2 is 1.54 bits per heavy atom. The molecule has 0 heterocycles. The van der Waals surface area contributed by atoms with Gasteiger partial charge in [-0.05, 0) is 28.2 Å². The van der Waals surface area contributed by atoms with Crippen LogP contribution in [0.25, 0.3) is 11.1 Å². The number of carboxylic acid groups (broad SMARTS) is 1. The maximum atomic E-state index is 12.4. The van der Waals surface area contributed by atoms with E-state index in [4.69, 9.17) is 9.84 Å². The summed E-state index contributed by atoms with van der Waals surface area (Å²) in [5, 5.41) is 11.9. The molecule has 0 aromatic heterocycles. The van der Waals surface area contributed by atoms with Gasteiger partial charge in [0.1, 0.15) is 6.61 Å². The fraction of sp³-hybridized carbons (Fsp3) is 0.391. The number of nitrogens with one attached hydrogen (secondary N) is 1. The molecule has 1 amide bonds. The van der Waals surface area contributed by atoms with Crippen LogP contribution in [0.15, 0.2) is 48.5 Å². The number of carbonyl (C=O) groups excluding carboxylic acids is 1. The van der Waals surface area contributed by atoms with Gasteiger partial charge in [-0.25, -0.2) is 4.79 Å². The van der Waals surface area contributed by atoms with Crippen molar-refractivity contribution in [3.05, 3.63) is 59.7 Å². The van der Waals surface area contributed by atoms with E-state index in [9.17, 15) is 9.59 Å². The number of hydrogen-bond donors (Lipinski definition) is 2. The third kappa shape index (κ3) is 4.19. The highest BCUT2D eigenvalue weighted by Crippen LogP contribution is 2.44. The van der Waals surface area contributed by atoms with Gasteiger partial charge in [-0.15, -0.1) is 0 Å². The molecule has 3 rings (SSSR count). The lowest BCUT2D eigenvalue weighted by Crippen LogP contribution is -2.42. The second kappa shape index (κ2) is 8.91. The summed E-state index contributed by atoms with van der Waals surface area (Å²) in [7, 11) is 0. The third-order valence-corrected chi connectivity index (χ3v) is 5.66. The van der Waals surface area contributed by atoms with Gasteiger partial charge in [-0.1, -0.05) is 75.2 Å². The Morgan fingerprint density at radius 1 is 1.00 bits per heavy atom. The van der Waals surface area contributed by atoms with Crippen molar-refractivity contribution in [2.24, 2.45) is 5.92 Å². The number of rotatable bonds is 8. The minimum atomic E-state index is -0.921. The number of carbonyl (C=O) groups is 2. The van der Waals surface area contributed by atoms with Crippen LogP contribution in [0.4, 0.5) is 4.79 Å². The number of hydrogen-bond acceptors (Lipinski definition) is 3. The SMILES string of the molecule is CCC(CC)C(CC(=O)O)NC(=O)OCC1c2ccccc2-c2ccccc21. The maximum absolute atomic E-state index is 12.4. The number of carboxylic acids is 1. The van der Waals surface area contributed by atoms with E-state index in [1.165, 1.54) is 11.1 Å². The van der Waals surface area contributed by atoms with Gasteiger partial charge in [0.25, 0.3) is 0 Å². The quantitative estimate of drug-likeness (QED) is 0.688. The molecular formula is C23H27NO4. The van der Waals surface area contributed by atoms with Gasteiger partial charge in [0.05, 0.1) is 6.42 Å². The fourth-order valence-corrected chi connectivity index (χ4v) is 4.17. The molecule has 0 fully saturated rings. The van der Waals surface area contributed by atoms with Gasteiger partial charge in [0.2, 0.25) is 0 Å². The second-order valence-electron chi connectivity index (χ2n) is 7.25. The van der Waals surface area contributed by atoms with E-state index in [0.29, 0.717) is 0 Å². The smallest absolute Gasteiger partial charge is 0.407 e. The van der Waals surface area contributed by atoms with Crippen molar-refractivity contribution < 1.29 is 19.4 Å². The minimum absolute atomic E-state index is 0.00998. The first-order valence-corrected chi connectivity index (χ1v) is 9.88. The molecule has 1 atom stereocenters. The second-order valence-corrected chi connectivity index (χ2v) is 7.25. The molecule has 0 aliphatic heterocycles. The first kappa shape index (κ1) is 19.9. The van der Waals surface area contributed by atoms with Crippen molar-refractivity contribution >= 4 is 12.1 Å². The summed E-state index contributed by atoms with van der Waals surface area (Å²) in [5.41, 5.74) is 4.65. The highest BCUT2D eigenvalue weighted by Gasteiger charge is 2.30. The average Bonchev–Trinajstić information content (AvgIpc) is 3.01. The normalized spacial score (nSPS) is 13.7. The van der Waals surface area contributed by atoms with Crippen LogP contribution in [-0.2, 0) is 9.53 Å². The van der Waals surface area contributed by atoms with E-state index < -0.39 is 18.1 Å². The summed E-state index contributed by atoms with van der Waals surface area (Å²) in [4.78, 5) is 23.6. The molecule has 0 saturated carbocycles. The minimum Gasteiger partial charge on any atom is -0.481 e. The molecule has 2 aromatic carbocycles. The molecule has 5 heteroatoms. The molecule has 148 valence electrons. The van der Waals surface area contributed by atoms with Crippen molar-refractivity contribution in [3.8, 4) is 11.1 Å². The summed E-state index contributed by atoms with van der Waals surface area (Å²) < 4.78 is 5.55. The summed E-state index contributed by atoms with van der Waals surface area (Å²) >= 11 is 0. The van der Waals surface area contributed by atoms with Gasteiger partial charge in [-0.3, -0.25) is 4.79 Å². The Morgan fingerprint density at radius 3 is 2.04 bits per heavy atom. The molecule has 1 unspecified atom stereocenters. The highest BCUT2D eigenvalue weighted by atomic mass is 16.5. The van der Waals surface area contributed by atoms with Crippen LogP contribution in [0.1, 0.15) is 50.2 Å². The van der Waals surface area contributed by atoms with Crippen molar-refractivity contribution in [3.63, 3.8) is 0 Å². The Bertz CT molecular complexity index is 799. The average molecular weight is 381 g/mol. The van der Waals surface area contributed by atoms with Crippen molar-refractivity contribution in [1.29, 1.82) is 0 Å². The van der Waals surface area contributed by atoms with Crippen molar-refractivity contribution in [2.45, 2.75) is 45.1 Å². The van der Waals surface area contributed by atoms with E-state index >= 15 is 0 Å². The molecule has 2 N–H and O–H groups in total. The van der Waals surface area contributed by atoms with Crippen LogP contribution in [0.3, 0.4) is 0 Å². The van der Waals surface area contributed by atoms with E-state index in [2.05, 4.69) is 29.6 Å². The first-order chi connectivity index (χ1) is 13.5. The van der Waals surface area contributed by atoms with Gasteiger partial charge < -0.3 is 15.2 Å². The van der Waals surface area contributed by atoms with Crippen LogP contribution in [0.5, 0.6) is 0 Å². The predicted molar refractivity (Wildman–Crippen MR) is 108 cm³/mol. The number of fused-ring (bicyclic) bond motifs is 3. The Balaban J connectivity index is 1.69. The Kier molecular flexibility index (Phi) is 6.34. The molecule has 1 aliphatic rings. The molecule has 0 radical (unpaired) electrons. The maximum Gasteiger partial charge on any atom is 0.407 e. The topological polar surface area (TPSA) is 75.6 Å². The summed E-state index contributed by atoms with van der Waals surface area (Å²) in [6.07, 6.45) is 0.951. The van der Waals surface area contributed by atoms with Gasteiger partial charge in [0, 0.05) is 12.0 Å². The van der Waals surface area contributed by atoms with Crippen LogP contribution < -0.4 is 5.32 Å². The lowest BCUT2D eigenvalue weighted by molar-refractivity contribution is -0.137. The fourth-order valence-electron chi connectivity index (χ4n) is 4.17. The van der Waals surface area contributed by atoms with Crippen LogP contribution in [-0.4, -0.2) is 29.8 Å². The molecule has 0 saturated heterocycles. The van der Waals surface area contributed by atoms with E-state index in [1.807, 2.05) is 38.1 Å². The molecule has 0 bridgehead atoms. The summed E-state index contributed by atoms with van der Waals surface area (Å²) in [5.74, 6) is -0.823. The number of benzene rings is 2. The first-order valence-electron chi connectivity index (χ1n) is 9.88. The zero-order chi connectivity index (χ0) is 20.1. The van der Waals surface area contributed by atoms with E-state index in [0.717, 1.165) is 24.0 Å². The molecule has 0 spiro atoms. The largest absolute Gasteiger partial charge is 0.481 e. The van der Waals surface area contributed by atoms with Crippen molar-refractivity contribution in [1.82, 2.24) is 5.32 Å². The highest BCUT2D eigenvalue weighted by molar-refractivity contribution is 5.79. The lowest BCUT2D eigenvalue weighted by Gasteiger charge is -2.25. The Hall–Kier alpha value is -2.82. The van der Waals surface area contributed by atoms with Gasteiger partial charge in [-0.2, -0.15) is 0 Å². The molecular weight excluding hydrogens is 354 g/mol. The lowest BCUT2D eigenvalue weighted by atomic mass is 9.92. The van der Waals surface area contributed by atoms with Gasteiger partial charge >= 0.3 is 12.1 Å². The molecule has 1 aliphatic carbocycles.